The van der Waals surface area contributed by atoms with Crippen molar-refractivity contribution in [1.82, 2.24) is 10.3 Å². The molecular formula is C24H34N4O4S. The Bertz CT molecular complexity index is 1020. The van der Waals surface area contributed by atoms with Crippen LogP contribution in [0.5, 0.6) is 0 Å². The topological polar surface area (TPSA) is 120 Å². The molecule has 0 atom stereocenters. The Balaban J connectivity index is 2.06. The molecule has 1 saturated carbocycles. The summed E-state index contributed by atoms with van der Waals surface area (Å²) in [6.45, 7) is 4.77. The summed E-state index contributed by atoms with van der Waals surface area (Å²) in [6.07, 6.45) is 6.72. The first-order valence-corrected chi connectivity index (χ1v) is 13.6. The molecular weight excluding hydrogens is 440 g/mol. The van der Waals surface area contributed by atoms with Gasteiger partial charge in [0.1, 0.15) is 6.07 Å². The highest BCUT2D eigenvalue weighted by molar-refractivity contribution is 7.93. The first-order valence-electron chi connectivity index (χ1n) is 12.0. The van der Waals surface area contributed by atoms with Crippen LogP contribution >= 0.6 is 0 Å². The van der Waals surface area contributed by atoms with E-state index in [1.807, 2.05) is 13.0 Å². The van der Waals surface area contributed by atoms with E-state index in [1.165, 1.54) is 6.07 Å². The number of nitrogens with one attached hydrogen (secondary N) is 1. The van der Waals surface area contributed by atoms with E-state index < -0.39 is 21.8 Å². The molecule has 0 unspecified atom stereocenters. The summed E-state index contributed by atoms with van der Waals surface area (Å²) in [5.41, 5.74) is 0.573. The summed E-state index contributed by atoms with van der Waals surface area (Å²) in [7, 11) is -4.05. The molecule has 8 nitrogen and oxygen atoms in total. The molecule has 1 amide bonds. The average molecular weight is 475 g/mol. The number of piperidine rings is 1. The number of nitriles is 1. The highest BCUT2D eigenvalue weighted by atomic mass is 32.2. The van der Waals surface area contributed by atoms with E-state index in [9.17, 15) is 23.3 Å². The maximum Gasteiger partial charge on any atom is 0.245 e. The van der Waals surface area contributed by atoms with E-state index in [0.717, 1.165) is 36.4 Å². The number of carbonyl (C=O) groups is 2. The van der Waals surface area contributed by atoms with E-state index in [-0.39, 0.29) is 28.8 Å². The molecule has 9 heteroatoms. The fourth-order valence-corrected chi connectivity index (χ4v) is 6.71. The molecule has 0 radical (unpaired) electrons. The zero-order valence-electron chi connectivity index (χ0n) is 19.6. The number of aromatic nitrogens is 1. The lowest BCUT2D eigenvalue weighted by molar-refractivity contribution is -0.121. The molecule has 0 bridgehead atoms. The molecule has 0 spiro atoms. The van der Waals surface area contributed by atoms with Crippen LogP contribution in [-0.2, 0) is 14.8 Å². The Kier molecular flexibility index (Phi) is 8.60. The van der Waals surface area contributed by atoms with Crippen molar-refractivity contribution >= 4 is 27.5 Å². The Morgan fingerprint density at radius 1 is 1.18 bits per heavy atom. The third-order valence-corrected chi connectivity index (χ3v) is 8.42. The second-order valence-corrected chi connectivity index (χ2v) is 11.0. The minimum Gasteiger partial charge on any atom is -0.317 e. The number of carbonyl (C=O) groups excluding carboxylic acids is 2. The van der Waals surface area contributed by atoms with E-state index >= 15 is 0 Å². The highest BCUT2D eigenvalue weighted by Crippen LogP contribution is 2.31. The van der Waals surface area contributed by atoms with Gasteiger partial charge < -0.3 is 5.32 Å². The van der Waals surface area contributed by atoms with Gasteiger partial charge in [0.15, 0.2) is 11.6 Å². The molecule has 1 saturated heterocycles. The quantitative estimate of drug-likeness (QED) is 0.573. The molecule has 1 aromatic rings. The monoisotopic (exact) mass is 474 g/mol. The van der Waals surface area contributed by atoms with E-state index in [2.05, 4.69) is 10.3 Å². The number of aryl methyl sites for hydroxylation is 1. The summed E-state index contributed by atoms with van der Waals surface area (Å²) in [6, 6.07) is 3.39. The van der Waals surface area contributed by atoms with Crippen molar-refractivity contribution in [1.29, 1.82) is 5.26 Å². The highest BCUT2D eigenvalue weighted by Gasteiger charge is 2.39. The fraction of sp³-hybridized carbons (Fsp3) is 0.667. The van der Waals surface area contributed by atoms with Gasteiger partial charge in [0, 0.05) is 17.9 Å². The number of hydrogen-bond donors (Lipinski definition) is 1. The van der Waals surface area contributed by atoms with Crippen molar-refractivity contribution < 1.29 is 18.0 Å². The van der Waals surface area contributed by atoms with Crippen LogP contribution in [-0.4, -0.2) is 43.9 Å². The zero-order valence-corrected chi connectivity index (χ0v) is 20.4. The van der Waals surface area contributed by atoms with Crippen LogP contribution in [0.2, 0.25) is 0 Å². The summed E-state index contributed by atoms with van der Waals surface area (Å²) in [5, 5.41) is 13.0. The molecule has 33 heavy (non-hydrogen) atoms. The SMILES string of the molecule is CCCC(=O)c1cc(C#N)c(N(C(=O)C2CCNCC2)S(=O)(=O)CC2CCCCC2)nc1C. The summed E-state index contributed by atoms with van der Waals surface area (Å²) >= 11 is 0. The van der Waals surface area contributed by atoms with Gasteiger partial charge >= 0.3 is 0 Å². The van der Waals surface area contributed by atoms with Gasteiger partial charge in [0.25, 0.3) is 0 Å². The third-order valence-electron chi connectivity index (χ3n) is 6.62. The van der Waals surface area contributed by atoms with Gasteiger partial charge in [-0.1, -0.05) is 26.2 Å². The minimum atomic E-state index is -4.05. The summed E-state index contributed by atoms with van der Waals surface area (Å²) in [5.74, 6) is -1.43. The number of ketones is 1. The van der Waals surface area contributed by atoms with Crippen LogP contribution in [0, 0.1) is 30.1 Å². The fourth-order valence-electron chi connectivity index (χ4n) is 4.81. The molecule has 1 N–H and O–H groups in total. The Hall–Kier alpha value is -2.31. The molecule has 1 aliphatic heterocycles. The van der Waals surface area contributed by atoms with Gasteiger partial charge in [0.05, 0.1) is 17.0 Å². The molecule has 1 aliphatic carbocycles. The van der Waals surface area contributed by atoms with Gasteiger partial charge in [-0.25, -0.2) is 13.4 Å². The number of rotatable bonds is 8. The lowest BCUT2D eigenvalue weighted by Gasteiger charge is -2.31. The summed E-state index contributed by atoms with van der Waals surface area (Å²) in [4.78, 5) is 30.5. The number of pyridine rings is 1. The third kappa shape index (κ3) is 5.98. The average Bonchev–Trinajstić information content (AvgIpc) is 2.80. The van der Waals surface area contributed by atoms with Crippen molar-refractivity contribution in [2.75, 3.05) is 23.1 Å². The van der Waals surface area contributed by atoms with Crippen molar-refractivity contribution in [2.45, 2.75) is 71.6 Å². The van der Waals surface area contributed by atoms with Crippen molar-refractivity contribution in [3.63, 3.8) is 0 Å². The normalized spacial score (nSPS) is 18.0. The first kappa shape index (κ1) is 25.3. The van der Waals surface area contributed by atoms with Gasteiger partial charge in [-0.05, 0) is 64.1 Å². The van der Waals surface area contributed by atoms with E-state index in [4.69, 9.17) is 0 Å². The molecule has 3 rings (SSSR count). The van der Waals surface area contributed by atoms with Gasteiger partial charge in [0.2, 0.25) is 15.9 Å². The number of Topliss-reactive ketones (excluding diaryl/α,β-unsaturated/α-hetero) is 1. The van der Waals surface area contributed by atoms with E-state index in [0.29, 0.717) is 50.0 Å². The molecule has 2 fully saturated rings. The molecule has 2 aliphatic rings. The van der Waals surface area contributed by atoms with Gasteiger partial charge in [-0.3, -0.25) is 9.59 Å². The van der Waals surface area contributed by atoms with Crippen molar-refractivity contribution in [3.8, 4) is 6.07 Å². The van der Waals surface area contributed by atoms with Crippen molar-refractivity contribution in [3.05, 3.63) is 22.9 Å². The largest absolute Gasteiger partial charge is 0.317 e. The van der Waals surface area contributed by atoms with Crippen LogP contribution in [0.1, 0.15) is 86.3 Å². The first-order chi connectivity index (χ1) is 15.8. The van der Waals surface area contributed by atoms with E-state index in [1.54, 1.807) is 6.92 Å². The number of anilines is 1. The molecule has 180 valence electrons. The molecule has 0 aromatic carbocycles. The second-order valence-electron chi connectivity index (χ2n) is 9.19. The maximum absolute atomic E-state index is 13.7. The minimum absolute atomic E-state index is 0.0101. The van der Waals surface area contributed by atoms with Crippen LogP contribution < -0.4 is 9.62 Å². The number of amides is 1. The lowest BCUT2D eigenvalue weighted by atomic mass is 9.91. The van der Waals surface area contributed by atoms with Gasteiger partial charge in [-0.2, -0.15) is 9.57 Å². The predicted molar refractivity (Wildman–Crippen MR) is 126 cm³/mol. The standard InChI is InChI=1S/C24H34N4O4S/c1-3-7-22(29)21-14-20(15-25)23(27-17(21)2)28(24(30)19-10-12-26-13-11-19)33(31,32)16-18-8-5-4-6-9-18/h14,18-19,26H,3-13,16H2,1-2H3. The van der Waals surface area contributed by atoms with Gasteiger partial charge in [-0.15, -0.1) is 0 Å². The van der Waals surface area contributed by atoms with Crippen LogP contribution in [0.15, 0.2) is 6.07 Å². The second kappa shape index (κ2) is 11.2. The Morgan fingerprint density at radius 3 is 2.45 bits per heavy atom. The number of hydrogen-bond acceptors (Lipinski definition) is 7. The number of sulfonamides is 1. The van der Waals surface area contributed by atoms with Crippen LogP contribution in [0.4, 0.5) is 5.82 Å². The maximum atomic E-state index is 13.7. The Morgan fingerprint density at radius 2 is 1.85 bits per heavy atom. The summed E-state index contributed by atoms with van der Waals surface area (Å²) < 4.78 is 28.1. The van der Waals surface area contributed by atoms with Crippen molar-refractivity contribution in [2.24, 2.45) is 11.8 Å². The predicted octanol–water partition coefficient (Wildman–Crippen LogP) is 3.49. The zero-order chi connectivity index (χ0) is 24.0. The van der Waals surface area contributed by atoms with Crippen LogP contribution in [0.3, 0.4) is 0 Å². The van der Waals surface area contributed by atoms with Crippen LogP contribution in [0.25, 0.3) is 0 Å². The molecule has 2 heterocycles. The molecule has 1 aromatic heterocycles. The number of nitrogens with zero attached hydrogens (tertiary/aromatic N) is 3. The Labute approximate surface area is 196 Å². The smallest absolute Gasteiger partial charge is 0.245 e. The lowest BCUT2D eigenvalue weighted by Crippen LogP contribution is -2.46.